The highest BCUT2D eigenvalue weighted by Crippen LogP contribution is 2.24. The van der Waals surface area contributed by atoms with E-state index in [1.807, 2.05) is 6.92 Å². The van der Waals surface area contributed by atoms with Crippen molar-refractivity contribution < 1.29 is 9.59 Å². The third-order valence-corrected chi connectivity index (χ3v) is 5.38. The molecule has 0 radical (unpaired) electrons. The van der Waals surface area contributed by atoms with Crippen molar-refractivity contribution >= 4 is 23.2 Å². The van der Waals surface area contributed by atoms with Gasteiger partial charge in [-0.25, -0.2) is 4.98 Å². The number of unbranched alkanes of at least 4 members (excludes halogenated alkanes) is 1. The van der Waals surface area contributed by atoms with Crippen molar-refractivity contribution in [3.63, 3.8) is 0 Å². The number of nitrogens with zero attached hydrogens (tertiary/aromatic N) is 2. The summed E-state index contributed by atoms with van der Waals surface area (Å²) in [5.74, 6) is -0.132. The average Bonchev–Trinajstić information content (AvgIpc) is 3.04. The molecule has 3 N–H and O–H groups in total. The van der Waals surface area contributed by atoms with E-state index in [1.165, 1.54) is 11.3 Å². The molecule has 134 valence electrons. The van der Waals surface area contributed by atoms with Crippen LogP contribution in [0, 0.1) is 5.92 Å². The van der Waals surface area contributed by atoms with Crippen LogP contribution in [0.25, 0.3) is 0 Å². The van der Waals surface area contributed by atoms with Gasteiger partial charge in [0.1, 0.15) is 5.69 Å². The summed E-state index contributed by atoms with van der Waals surface area (Å²) in [5.41, 5.74) is 6.01. The van der Waals surface area contributed by atoms with Gasteiger partial charge in [-0.1, -0.05) is 13.3 Å². The molecule has 1 aromatic rings. The van der Waals surface area contributed by atoms with Crippen LogP contribution in [0.4, 0.5) is 0 Å². The van der Waals surface area contributed by atoms with Gasteiger partial charge in [0.05, 0.1) is 10.9 Å². The number of piperidine rings is 1. The molecule has 7 heteroatoms. The first kappa shape index (κ1) is 18.9. The largest absolute Gasteiger partial charge is 0.356 e. The van der Waals surface area contributed by atoms with Crippen LogP contribution in [0.2, 0.25) is 0 Å². The lowest BCUT2D eigenvalue weighted by atomic mass is 9.92. The van der Waals surface area contributed by atoms with Crippen LogP contribution in [-0.2, 0) is 11.2 Å². The van der Waals surface area contributed by atoms with Crippen LogP contribution >= 0.6 is 11.3 Å². The zero-order chi connectivity index (χ0) is 17.5. The summed E-state index contributed by atoms with van der Waals surface area (Å²) >= 11 is 1.47. The lowest BCUT2D eigenvalue weighted by Crippen LogP contribution is -2.49. The number of aromatic nitrogens is 1. The molecule has 0 aliphatic carbocycles. The standard InChI is InChI=1S/C17H28N4O2S/c1-3-4-9-19-16(22)13-6-5-12(2)21(10-13)17(23)14-11-24-15(20-14)7-8-18/h11-13H,3-10,18H2,1-2H3,(H,19,22). The van der Waals surface area contributed by atoms with Gasteiger partial charge in [-0.2, -0.15) is 0 Å². The minimum atomic E-state index is -0.121. The molecule has 2 rings (SSSR count). The van der Waals surface area contributed by atoms with Crippen molar-refractivity contribution in [2.45, 2.75) is 52.0 Å². The predicted molar refractivity (Wildman–Crippen MR) is 96.0 cm³/mol. The summed E-state index contributed by atoms with van der Waals surface area (Å²) in [6.45, 7) is 5.85. The summed E-state index contributed by atoms with van der Waals surface area (Å²) in [6.07, 6.45) is 4.41. The molecule has 2 unspecified atom stereocenters. The van der Waals surface area contributed by atoms with E-state index in [2.05, 4.69) is 17.2 Å². The molecule has 24 heavy (non-hydrogen) atoms. The van der Waals surface area contributed by atoms with E-state index in [-0.39, 0.29) is 23.8 Å². The number of amides is 2. The van der Waals surface area contributed by atoms with E-state index in [9.17, 15) is 9.59 Å². The highest BCUT2D eigenvalue weighted by atomic mass is 32.1. The van der Waals surface area contributed by atoms with Gasteiger partial charge in [0.25, 0.3) is 5.91 Å². The molecule has 2 amide bonds. The Labute approximate surface area is 147 Å². The normalized spacial score (nSPS) is 20.9. The number of likely N-dealkylation sites (tertiary alicyclic amines) is 1. The van der Waals surface area contributed by atoms with Gasteiger partial charge in [0.15, 0.2) is 0 Å². The summed E-state index contributed by atoms with van der Waals surface area (Å²) in [4.78, 5) is 31.2. The molecule has 0 aromatic carbocycles. The van der Waals surface area contributed by atoms with E-state index in [0.29, 0.717) is 31.7 Å². The van der Waals surface area contributed by atoms with Crippen molar-refractivity contribution in [2.75, 3.05) is 19.6 Å². The first-order chi connectivity index (χ1) is 11.6. The molecule has 6 nitrogen and oxygen atoms in total. The number of nitrogens with two attached hydrogens (primary N) is 1. The molecule has 0 spiro atoms. The van der Waals surface area contributed by atoms with E-state index in [0.717, 1.165) is 30.7 Å². The highest BCUT2D eigenvalue weighted by molar-refractivity contribution is 7.09. The Kier molecular flexibility index (Phi) is 7.17. The third kappa shape index (κ3) is 4.77. The molecule has 1 aromatic heterocycles. The maximum Gasteiger partial charge on any atom is 0.273 e. The van der Waals surface area contributed by atoms with Crippen molar-refractivity contribution in [1.82, 2.24) is 15.2 Å². The van der Waals surface area contributed by atoms with Gasteiger partial charge in [-0.05, 0) is 32.7 Å². The summed E-state index contributed by atoms with van der Waals surface area (Å²) in [6, 6.07) is 0.136. The molecular weight excluding hydrogens is 324 g/mol. The Hall–Kier alpha value is -1.47. The van der Waals surface area contributed by atoms with Crippen molar-refractivity contribution in [2.24, 2.45) is 11.7 Å². The van der Waals surface area contributed by atoms with Crippen molar-refractivity contribution in [3.05, 3.63) is 16.1 Å². The number of hydrogen-bond donors (Lipinski definition) is 2. The second-order valence-corrected chi connectivity index (χ2v) is 7.33. The zero-order valence-electron chi connectivity index (χ0n) is 14.6. The molecule has 1 aliphatic heterocycles. The van der Waals surface area contributed by atoms with E-state index in [1.54, 1.807) is 10.3 Å². The number of carbonyl (C=O) groups excluding carboxylic acids is 2. The lowest BCUT2D eigenvalue weighted by molar-refractivity contribution is -0.126. The Balaban J connectivity index is 1.99. The van der Waals surface area contributed by atoms with Gasteiger partial charge in [-0.3, -0.25) is 9.59 Å². The first-order valence-corrected chi connectivity index (χ1v) is 9.67. The molecule has 0 saturated carbocycles. The van der Waals surface area contributed by atoms with Gasteiger partial charge in [0.2, 0.25) is 5.91 Å². The quantitative estimate of drug-likeness (QED) is 0.733. The first-order valence-electron chi connectivity index (χ1n) is 8.80. The van der Waals surface area contributed by atoms with E-state index in [4.69, 9.17) is 5.73 Å². The maximum absolute atomic E-state index is 12.8. The SMILES string of the molecule is CCCCNC(=O)C1CCC(C)N(C(=O)c2csc(CCN)n2)C1. The Bertz CT molecular complexity index is 561. The summed E-state index contributed by atoms with van der Waals surface area (Å²) in [5, 5.41) is 5.67. The van der Waals surface area contributed by atoms with Crippen LogP contribution in [-0.4, -0.2) is 47.4 Å². The van der Waals surface area contributed by atoms with Crippen LogP contribution in [0.3, 0.4) is 0 Å². The summed E-state index contributed by atoms with van der Waals surface area (Å²) < 4.78 is 0. The van der Waals surface area contributed by atoms with Crippen LogP contribution in [0.1, 0.15) is 55.0 Å². The fourth-order valence-electron chi connectivity index (χ4n) is 2.93. The predicted octanol–water partition coefficient (Wildman–Crippen LogP) is 1.80. The van der Waals surface area contributed by atoms with E-state index >= 15 is 0 Å². The Morgan fingerprint density at radius 1 is 1.46 bits per heavy atom. The van der Waals surface area contributed by atoms with Crippen LogP contribution in [0.5, 0.6) is 0 Å². The fourth-order valence-corrected chi connectivity index (χ4v) is 3.72. The zero-order valence-corrected chi connectivity index (χ0v) is 15.4. The topological polar surface area (TPSA) is 88.3 Å². The third-order valence-electron chi connectivity index (χ3n) is 4.47. The van der Waals surface area contributed by atoms with Crippen LogP contribution in [0.15, 0.2) is 5.38 Å². The summed E-state index contributed by atoms with van der Waals surface area (Å²) in [7, 11) is 0. The van der Waals surface area contributed by atoms with Gasteiger partial charge >= 0.3 is 0 Å². The molecule has 2 atom stereocenters. The lowest BCUT2D eigenvalue weighted by Gasteiger charge is -2.37. The number of carbonyl (C=O) groups is 2. The second kappa shape index (κ2) is 9.13. The number of rotatable bonds is 7. The number of hydrogen-bond acceptors (Lipinski definition) is 5. The maximum atomic E-state index is 12.8. The molecule has 1 fully saturated rings. The van der Waals surface area contributed by atoms with Gasteiger partial charge in [-0.15, -0.1) is 11.3 Å². The smallest absolute Gasteiger partial charge is 0.273 e. The van der Waals surface area contributed by atoms with E-state index < -0.39 is 0 Å². The molecule has 0 bridgehead atoms. The molecule has 1 aliphatic rings. The fraction of sp³-hybridized carbons (Fsp3) is 0.706. The highest BCUT2D eigenvalue weighted by Gasteiger charge is 2.33. The Morgan fingerprint density at radius 2 is 2.25 bits per heavy atom. The monoisotopic (exact) mass is 352 g/mol. The molecule has 2 heterocycles. The molecule has 1 saturated heterocycles. The molecular formula is C17H28N4O2S. The van der Waals surface area contributed by atoms with Crippen molar-refractivity contribution in [3.8, 4) is 0 Å². The second-order valence-electron chi connectivity index (χ2n) is 6.39. The van der Waals surface area contributed by atoms with Crippen molar-refractivity contribution in [1.29, 1.82) is 0 Å². The minimum Gasteiger partial charge on any atom is -0.356 e. The van der Waals surface area contributed by atoms with Crippen LogP contribution < -0.4 is 11.1 Å². The minimum absolute atomic E-state index is 0.0650. The Morgan fingerprint density at radius 3 is 2.96 bits per heavy atom. The average molecular weight is 353 g/mol. The number of nitrogens with one attached hydrogen (secondary N) is 1. The van der Waals surface area contributed by atoms with Gasteiger partial charge < -0.3 is 16.0 Å². The number of thiazole rings is 1. The van der Waals surface area contributed by atoms with Gasteiger partial charge in [0, 0.05) is 30.9 Å².